The van der Waals surface area contributed by atoms with Crippen LogP contribution in [-0.4, -0.2) is 46.2 Å². The van der Waals surface area contributed by atoms with Gasteiger partial charge in [0.25, 0.3) is 0 Å². The Bertz CT molecular complexity index is 705. The van der Waals surface area contributed by atoms with Crippen molar-refractivity contribution in [2.24, 2.45) is 0 Å². The number of carbonyl (C=O) groups is 1. The first-order chi connectivity index (χ1) is 12.1. The summed E-state index contributed by atoms with van der Waals surface area (Å²) in [5, 5.41) is 2.90. The van der Waals surface area contributed by atoms with Crippen molar-refractivity contribution in [1.29, 1.82) is 0 Å². The van der Waals surface area contributed by atoms with Gasteiger partial charge in [-0.3, -0.25) is 0 Å². The first-order valence-corrected chi connectivity index (χ1v) is 8.63. The molecule has 0 radical (unpaired) electrons. The highest BCUT2D eigenvalue weighted by molar-refractivity contribution is 5.74. The van der Waals surface area contributed by atoms with E-state index in [1.54, 1.807) is 17.3 Å². The number of hydrogen-bond acceptors (Lipinski definition) is 4. The van der Waals surface area contributed by atoms with E-state index in [0.29, 0.717) is 32.1 Å². The summed E-state index contributed by atoms with van der Waals surface area (Å²) < 4.78 is 5.77. The fourth-order valence-corrected chi connectivity index (χ4v) is 2.81. The maximum absolute atomic E-state index is 12.4. The Labute approximate surface area is 148 Å². The van der Waals surface area contributed by atoms with Crippen molar-refractivity contribution < 1.29 is 9.53 Å². The highest BCUT2D eigenvalue weighted by atomic mass is 16.5. The molecule has 25 heavy (non-hydrogen) atoms. The van der Waals surface area contributed by atoms with Gasteiger partial charge in [0, 0.05) is 24.5 Å². The van der Waals surface area contributed by atoms with Crippen molar-refractivity contribution in [3.63, 3.8) is 0 Å². The van der Waals surface area contributed by atoms with Crippen molar-refractivity contribution in [3.8, 4) is 11.1 Å². The molecule has 3 rings (SSSR count). The van der Waals surface area contributed by atoms with E-state index in [4.69, 9.17) is 4.74 Å². The molecule has 6 heteroatoms. The summed E-state index contributed by atoms with van der Waals surface area (Å²) in [6.45, 7) is 6.20. The number of nitrogens with zero attached hydrogens (tertiary/aromatic N) is 3. The molecule has 1 aliphatic rings. The Hall–Kier alpha value is -2.47. The number of aromatic nitrogens is 2. The highest BCUT2D eigenvalue weighted by Crippen LogP contribution is 2.21. The average molecular weight is 340 g/mol. The zero-order valence-corrected chi connectivity index (χ0v) is 14.7. The molecule has 1 aromatic carbocycles. The summed E-state index contributed by atoms with van der Waals surface area (Å²) in [6.07, 6.45) is 4.44. The first-order valence-electron chi connectivity index (χ1n) is 8.63. The van der Waals surface area contributed by atoms with Crippen LogP contribution in [0.2, 0.25) is 0 Å². The van der Waals surface area contributed by atoms with Crippen LogP contribution < -0.4 is 5.32 Å². The van der Waals surface area contributed by atoms with E-state index in [2.05, 4.69) is 22.2 Å². The molecule has 0 bridgehead atoms. The van der Waals surface area contributed by atoms with Crippen molar-refractivity contribution in [2.45, 2.75) is 32.4 Å². The number of benzene rings is 1. The van der Waals surface area contributed by atoms with Crippen molar-refractivity contribution in [1.82, 2.24) is 20.2 Å². The molecular formula is C19H24N4O2. The van der Waals surface area contributed by atoms with Gasteiger partial charge in [-0.1, -0.05) is 37.3 Å². The third-order valence-corrected chi connectivity index (χ3v) is 4.58. The Morgan fingerprint density at radius 2 is 1.96 bits per heavy atom. The van der Waals surface area contributed by atoms with Crippen LogP contribution in [0.5, 0.6) is 0 Å². The number of morpholine rings is 1. The number of nitrogens with one attached hydrogen (secondary N) is 1. The van der Waals surface area contributed by atoms with Gasteiger partial charge in [-0.05, 0) is 18.9 Å². The predicted molar refractivity (Wildman–Crippen MR) is 95.9 cm³/mol. The topological polar surface area (TPSA) is 67.4 Å². The molecule has 1 saturated heterocycles. The minimum Gasteiger partial charge on any atom is -0.372 e. The molecule has 1 N–H and O–H groups in total. The van der Waals surface area contributed by atoms with Gasteiger partial charge in [0.2, 0.25) is 0 Å². The van der Waals surface area contributed by atoms with Gasteiger partial charge in [-0.2, -0.15) is 0 Å². The van der Waals surface area contributed by atoms with Crippen LogP contribution in [-0.2, 0) is 11.3 Å². The molecule has 6 nitrogen and oxygen atoms in total. The van der Waals surface area contributed by atoms with Crippen molar-refractivity contribution in [2.75, 3.05) is 19.7 Å². The number of rotatable bonds is 4. The quantitative estimate of drug-likeness (QED) is 0.929. The zero-order valence-electron chi connectivity index (χ0n) is 14.7. The summed E-state index contributed by atoms with van der Waals surface area (Å²) in [5.74, 6) is 0.597. The predicted octanol–water partition coefficient (Wildman–Crippen LogP) is 2.85. The van der Waals surface area contributed by atoms with Crippen LogP contribution >= 0.6 is 0 Å². The Balaban J connectivity index is 1.55. The minimum atomic E-state index is -0.260. The Morgan fingerprint density at radius 1 is 1.24 bits per heavy atom. The van der Waals surface area contributed by atoms with Crippen molar-refractivity contribution in [3.05, 3.63) is 48.5 Å². The van der Waals surface area contributed by atoms with E-state index >= 15 is 0 Å². The zero-order chi connectivity index (χ0) is 17.7. The van der Waals surface area contributed by atoms with Crippen LogP contribution in [0.1, 0.15) is 26.1 Å². The van der Waals surface area contributed by atoms with Crippen LogP contribution in [0.15, 0.2) is 42.7 Å². The van der Waals surface area contributed by atoms with E-state index in [1.165, 1.54) is 0 Å². The molecule has 0 saturated carbocycles. The van der Waals surface area contributed by atoms with E-state index in [-0.39, 0.29) is 11.6 Å². The average Bonchev–Trinajstić information content (AvgIpc) is 2.67. The summed E-state index contributed by atoms with van der Waals surface area (Å²) in [7, 11) is 0. The summed E-state index contributed by atoms with van der Waals surface area (Å²) in [5.41, 5.74) is 1.77. The summed E-state index contributed by atoms with van der Waals surface area (Å²) in [4.78, 5) is 22.9. The van der Waals surface area contributed by atoms with Gasteiger partial charge < -0.3 is 15.0 Å². The molecule has 1 aromatic heterocycles. The lowest BCUT2D eigenvalue weighted by atomic mass is 10.0. The monoisotopic (exact) mass is 340 g/mol. The van der Waals surface area contributed by atoms with E-state index < -0.39 is 0 Å². The molecule has 0 unspecified atom stereocenters. The summed E-state index contributed by atoms with van der Waals surface area (Å²) >= 11 is 0. The maximum Gasteiger partial charge on any atom is 0.317 e. The van der Waals surface area contributed by atoms with Crippen LogP contribution in [0.3, 0.4) is 0 Å². The molecule has 2 aromatic rings. The lowest BCUT2D eigenvalue weighted by molar-refractivity contribution is -0.0872. The number of amides is 2. The molecule has 1 atom stereocenters. The second kappa shape index (κ2) is 7.61. The molecule has 2 amide bonds. The largest absolute Gasteiger partial charge is 0.372 e. The van der Waals surface area contributed by atoms with E-state index in [0.717, 1.165) is 17.5 Å². The van der Waals surface area contributed by atoms with Crippen molar-refractivity contribution >= 4 is 6.03 Å². The van der Waals surface area contributed by atoms with E-state index in [9.17, 15) is 4.79 Å². The molecular weight excluding hydrogens is 316 g/mol. The smallest absolute Gasteiger partial charge is 0.317 e. The van der Waals surface area contributed by atoms with Gasteiger partial charge in [0.15, 0.2) is 0 Å². The number of carbonyl (C=O) groups excluding carboxylic acids is 1. The molecule has 0 aliphatic carbocycles. The molecule has 1 aliphatic heterocycles. The lowest BCUT2D eigenvalue weighted by Gasteiger charge is -2.39. The van der Waals surface area contributed by atoms with Gasteiger partial charge in [0.1, 0.15) is 5.82 Å². The number of ether oxygens (including phenoxy) is 1. The third-order valence-electron chi connectivity index (χ3n) is 4.58. The van der Waals surface area contributed by atoms with Gasteiger partial charge in [-0.25, -0.2) is 14.8 Å². The molecule has 1 fully saturated rings. The number of hydrogen-bond donors (Lipinski definition) is 1. The van der Waals surface area contributed by atoms with Crippen LogP contribution in [0.4, 0.5) is 4.79 Å². The van der Waals surface area contributed by atoms with Crippen LogP contribution in [0.25, 0.3) is 11.1 Å². The Morgan fingerprint density at radius 3 is 2.64 bits per heavy atom. The third kappa shape index (κ3) is 4.33. The molecule has 2 heterocycles. The van der Waals surface area contributed by atoms with Gasteiger partial charge in [-0.15, -0.1) is 0 Å². The molecule has 132 valence electrons. The van der Waals surface area contributed by atoms with E-state index in [1.807, 2.05) is 37.3 Å². The maximum atomic E-state index is 12.4. The number of urea groups is 1. The SMILES string of the molecule is CC[C@]1(C)CN(C(=O)NCc2ncc(-c3ccccc3)cn2)CCO1. The fourth-order valence-electron chi connectivity index (χ4n) is 2.81. The first kappa shape index (κ1) is 17.4. The van der Waals surface area contributed by atoms with Crippen LogP contribution in [0, 0.1) is 0 Å². The summed E-state index contributed by atoms with van der Waals surface area (Å²) in [6, 6.07) is 9.88. The normalized spacial score (nSPS) is 20.3. The lowest BCUT2D eigenvalue weighted by Crippen LogP contribution is -2.54. The second-order valence-electron chi connectivity index (χ2n) is 6.49. The highest BCUT2D eigenvalue weighted by Gasteiger charge is 2.32. The fraction of sp³-hybridized carbons (Fsp3) is 0.421. The van der Waals surface area contributed by atoms with Gasteiger partial charge in [0.05, 0.1) is 25.3 Å². The standard InChI is InChI=1S/C19H24N4O2/c1-3-19(2)14-23(9-10-25-19)18(24)22-13-17-20-11-16(12-21-17)15-7-5-4-6-8-15/h4-8,11-12H,3,9-10,13-14H2,1-2H3,(H,22,24)/t19-/m1/s1. The Kier molecular flexibility index (Phi) is 5.28. The second-order valence-corrected chi connectivity index (χ2v) is 6.49. The molecule has 0 spiro atoms. The minimum absolute atomic E-state index is 0.0984. The van der Waals surface area contributed by atoms with Gasteiger partial charge >= 0.3 is 6.03 Å².